The molecule has 6 rings (SSSR count). The van der Waals surface area contributed by atoms with Gasteiger partial charge in [0, 0.05) is 29.6 Å². The number of fused-ring (bicyclic) bond motifs is 1. The van der Waals surface area contributed by atoms with E-state index >= 15 is 0 Å². The number of nitrogens with zero attached hydrogens (tertiary/aromatic N) is 3. The van der Waals surface area contributed by atoms with Crippen molar-refractivity contribution in [1.82, 2.24) is 14.5 Å². The highest BCUT2D eigenvalue weighted by Gasteiger charge is 2.30. The van der Waals surface area contributed by atoms with Gasteiger partial charge in [0.05, 0.1) is 12.8 Å². The maximum absolute atomic E-state index is 13.5. The van der Waals surface area contributed by atoms with Crippen LogP contribution in [0.3, 0.4) is 0 Å². The average Bonchev–Trinajstić information content (AvgIpc) is 3.50. The Morgan fingerprint density at radius 3 is 2.50 bits per heavy atom. The number of anilines is 1. The van der Waals surface area contributed by atoms with Crippen molar-refractivity contribution in [3.8, 4) is 34.2 Å². The van der Waals surface area contributed by atoms with Gasteiger partial charge in [-0.1, -0.05) is 17.7 Å². The molecule has 1 fully saturated rings. The molecule has 1 saturated carbocycles. The maximum atomic E-state index is 13.5. The Morgan fingerprint density at radius 2 is 1.77 bits per heavy atom. The first-order valence-corrected chi connectivity index (χ1v) is 13.3. The van der Waals surface area contributed by atoms with Crippen LogP contribution >= 0.6 is 0 Å². The molecule has 0 bridgehead atoms. The van der Waals surface area contributed by atoms with E-state index in [1.807, 2.05) is 66.2 Å². The molecule has 2 heterocycles. The number of aromatic nitrogens is 2. The van der Waals surface area contributed by atoms with Crippen LogP contribution in [0.5, 0.6) is 17.2 Å². The molecule has 9 nitrogen and oxygen atoms in total. The van der Waals surface area contributed by atoms with Crippen molar-refractivity contribution >= 4 is 17.8 Å². The van der Waals surface area contributed by atoms with Crippen LogP contribution in [-0.4, -0.2) is 53.3 Å². The predicted octanol–water partition coefficient (Wildman–Crippen LogP) is 5.08. The molecule has 4 aromatic rings. The molecule has 0 unspecified atom stereocenters. The number of hydrogen-bond donors (Lipinski definition) is 1. The van der Waals surface area contributed by atoms with Crippen LogP contribution in [0.4, 0.5) is 5.95 Å². The number of carbonyl (C=O) groups excluding carboxylic acids is 2. The van der Waals surface area contributed by atoms with Crippen molar-refractivity contribution in [2.75, 3.05) is 32.3 Å². The number of amides is 2. The van der Waals surface area contributed by atoms with Crippen molar-refractivity contribution in [2.45, 2.75) is 19.8 Å². The van der Waals surface area contributed by atoms with Crippen molar-refractivity contribution in [1.29, 1.82) is 0 Å². The Hall–Kier alpha value is -4.79. The fourth-order valence-electron chi connectivity index (χ4n) is 4.65. The third-order valence-electron chi connectivity index (χ3n) is 7.07. The fraction of sp³-hybridized carbons (Fsp3) is 0.258. The number of hydrogen-bond acceptors (Lipinski definition) is 6. The van der Waals surface area contributed by atoms with E-state index in [1.165, 1.54) is 0 Å². The second kappa shape index (κ2) is 10.8. The standard InChI is InChI=1S/C31H30N4O5/c1-20-3-10-24(11-4-20)35-17-26(22-7-12-25(38-2)13-8-22)32-31(35)33-29(36)18-34(16-21-5-6-21)30(37)23-9-14-27-28(15-23)40-19-39-27/h3-4,7-15,17,21H,5-6,16,18-19H2,1-2H3,(H,32,33,36). The van der Waals surface area contributed by atoms with Gasteiger partial charge in [-0.3, -0.25) is 19.5 Å². The summed E-state index contributed by atoms with van der Waals surface area (Å²) >= 11 is 0. The second-order valence-electron chi connectivity index (χ2n) is 10.1. The Balaban J connectivity index is 1.25. The molecule has 40 heavy (non-hydrogen) atoms. The zero-order valence-corrected chi connectivity index (χ0v) is 22.4. The molecular weight excluding hydrogens is 508 g/mol. The molecule has 0 atom stereocenters. The Labute approximate surface area is 232 Å². The maximum Gasteiger partial charge on any atom is 0.254 e. The van der Waals surface area contributed by atoms with E-state index in [0.29, 0.717) is 41.2 Å². The van der Waals surface area contributed by atoms with Crippen LogP contribution in [0, 0.1) is 12.8 Å². The second-order valence-corrected chi connectivity index (χ2v) is 10.1. The van der Waals surface area contributed by atoms with Gasteiger partial charge < -0.3 is 19.1 Å². The summed E-state index contributed by atoms with van der Waals surface area (Å²) in [7, 11) is 1.62. The zero-order valence-electron chi connectivity index (χ0n) is 22.4. The molecule has 9 heteroatoms. The molecule has 2 amide bonds. The zero-order chi connectivity index (χ0) is 27.6. The number of benzene rings is 3. The van der Waals surface area contributed by atoms with Gasteiger partial charge in [-0.05, 0) is 80.3 Å². The minimum Gasteiger partial charge on any atom is -0.497 e. The van der Waals surface area contributed by atoms with E-state index in [2.05, 4.69) is 5.32 Å². The van der Waals surface area contributed by atoms with Crippen LogP contribution in [-0.2, 0) is 4.79 Å². The van der Waals surface area contributed by atoms with Crippen LogP contribution in [0.1, 0.15) is 28.8 Å². The minimum absolute atomic E-state index is 0.0948. The molecule has 3 aromatic carbocycles. The third-order valence-corrected chi connectivity index (χ3v) is 7.07. The van der Waals surface area contributed by atoms with Crippen molar-refractivity contribution < 1.29 is 23.8 Å². The van der Waals surface area contributed by atoms with Crippen molar-refractivity contribution in [3.05, 3.63) is 84.1 Å². The summed E-state index contributed by atoms with van der Waals surface area (Å²) in [4.78, 5) is 33.2. The lowest BCUT2D eigenvalue weighted by Gasteiger charge is -2.22. The highest BCUT2D eigenvalue weighted by molar-refractivity contribution is 5.99. The van der Waals surface area contributed by atoms with Gasteiger partial charge in [0.2, 0.25) is 18.6 Å². The number of carbonyl (C=O) groups is 2. The van der Waals surface area contributed by atoms with Crippen LogP contribution in [0.25, 0.3) is 16.9 Å². The quantitative estimate of drug-likeness (QED) is 0.320. The van der Waals surface area contributed by atoms with Gasteiger partial charge in [-0.15, -0.1) is 0 Å². The minimum atomic E-state index is -0.324. The topological polar surface area (TPSA) is 94.9 Å². The molecule has 0 spiro atoms. The summed E-state index contributed by atoms with van der Waals surface area (Å²) < 4.78 is 17.9. The van der Waals surface area contributed by atoms with Gasteiger partial charge in [0.1, 0.15) is 12.3 Å². The van der Waals surface area contributed by atoms with E-state index in [0.717, 1.165) is 35.4 Å². The number of imidazole rings is 1. The summed E-state index contributed by atoms with van der Waals surface area (Å²) in [5, 5.41) is 2.96. The van der Waals surface area contributed by atoms with Gasteiger partial charge in [0.25, 0.3) is 5.91 Å². The summed E-state index contributed by atoms with van der Waals surface area (Å²) in [6, 6.07) is 20.7. The molecule has 1 aromatic heterocycles. The summed E-state index contributed by atoms with van der Waals surface area (Å²) in [5.74, 6) is 2.13. The Bertz CT molecular complexity index is 1540. The summed E-state index contributed by atoms with van der Waals surface area (Å²) in [6.45, 7) is 2.58. The lowest BCUT2D eigenvalue weighted by Crippen LogP contribution is -2.39. The average molecular weight is 539 g/mol. The number of aryl methyl sites for hydroxylation is 1. The third kappa shape index (κ3) is 5.49. The Kier molecular flexibility index (Phi) is 6.86. The predicted molar refractivity (Wildman–Crippen MR) is 150 cm³/mol. The molecule has 2 aliphatic rings. The van der Waals surface area contributed by atoms with Crippen LogP contribution in [0.2, 0.25) is 0 Å². The molecule has 1 aliphatic carbocycles. The first-order chi connectivity index (χ1) is 19.5. The van der Waals surface area contributed by atoms with E-state index < -0.39 is 0 Å². The summed E-state index contributed by atoms with van der Waals surface area (Å²) in [5.41, 5.74) is 4.03. The number of nitrogens with one attached hydrogen (secondary N) is 1. The van der Waals surface area contributed by atoms with Gasteiger partial charge >= 0.3 is 0 Å². The molecule has 0 radical (unpaired) electrons. The van der Waals surface area contributed by atoms with Gasteiger partial charge in [-0.25, -0.2) is 4.98 Å². The van der Waals surface area contributed by atoms with E-state index in [9.17, 15) is 9.59 Å². The first kappa shape index (κ1) is 25.5. The van der Waals surface area contributed by atoms with E-state index in [-0.39, 0.29) is 25.2 Å². The molecule has 204 valence electrons. The highest BCUT2D eigenvalue weighted by atomic mass is 16.7. The number of ether oxygens (including phenoxy) is 3. The summed E-state index contributed by atoms with van der Waals surface area (Å²) in [6.07, 6.45) is 3.99. The lowest BCUT2D eigenvalue weighted by molar-refractivity contribution is -0.117. The SMILES string of the molecule is COc1ccc(-c2cn(-c3ccc(C)cc3)c(NC(=O)CN(CC3CC3)C(=O)c3ccc4c(c3)OCO4)n2)cc1. The van der Waals surface area contributed by atoms with Crippen molar-refractivity contribution in [3.63, 3.8) is 0 Å². The smallest absolute Gasteiger partial charge is 0.254 e. The van der Waals surface area contributed by atoms with Crippen LogP contribution in [0.15, 0.2) is 72.9 Å². The van der Waals surface area contributed by atoms with E-state index in [1.54, 1.807) is 30.2 Å². The van der Waals surface area contributed by atoms with Crippen LogP contribution < -0.4 is 19.5 Å². The molecule has 1 aliphatic heterocycles. The van der Waals surface area contributed by atoms with Gasteiger partial charge in [0.15, 0.2) is 11.5 Å². The van der Waals surface area contributed by atoms with Crippen molar-refractivity contribution in [2.24, 2.45) is 5.92 Å². The molecule has 0 saturated heterocycles. The lowest BCUT2D eigenvalue weighted by atomic mass is 10.1. The normalized spacial score (nSPS) is 13.7. The number of methoxy groups -OCH3 is 1. The monoisotopic (exact) mass is 538 g/mol. The largest absolute Gasteiger partial charge is 0.497 e. The van der Waals surface area contributed by atoms with E-state index in [4.69, 9.17) is 19.2 Å². The first-order valence-electron chi connectivity index (χ1n) is 13.3. The molecule has 1 N–H and O–H groups in total. The molecular formula is C31H30N4O5. The van der Waals surface area contributed by atoms with Gasteiger partial charge in [-0.2, -0.15) is 0 Å². The highest BCUT2D eigenvalue weighted by Crippen LogP contribution is 2.34. The number of rotatable bonds is 9. The fourth-order valence-corrected chi connectivity index (χ4v) is 4.65. The Morgan fingerprint density at radius 1 is 1.02 bits per heavy atom.